The third kappa shape index (κ3) is 6.91. The van der Waals surface area contributed by atoms with Crippen molar-refractivity contribution in [1.29, 1.82) is 0 Å². The minimum absolute atomic E-state index is 0.197. The van der Waals surface area contributed by atoms with Gasteiger partial charge in [0.1, 0.15) is 5.75 Å². The summed E-state index contributed by atoms with van der Waals surface area (Å²) in [6.07, 6.45) is 3.67. The summed E-state index contributed by atoms with van der Waals surface area (Å²) in [5.74, 6) is 0.448. The molecular formula is C28H32F3N5O. The van der Waals surface area contributed by atoms with E-state index >= 15 is 0 Å². The molecule has 2 aromatic carbocycles. The van der Waals surface area contributed by atoms with Gasteiger partial charge in [-0.2, -0.15) is 0 Å². The number of nitrogens with zero attached hydrogens (tertiary/aromatic N) is 3. The zero-order chi connectivity index (χ0) is 25.7. The Hall–Kier alpha value is -3.33. The molecule has 3 aromatic rings. The molecule has 1 aliphatic carbocycles. The molecule has 196 valence electrons. The molecule has 2 fully saturated rings. The second-order valence-electron chi connectivity index (χ2n) is 9.77. The van der Waals surface area contributed by atoms with Crippen molar-refractivity contribution in [2.45, 2.75) is 63.0 Å². The summed E-state index contributed by atoms with van der Waals surface area (Å²) >= 11 is 0. The number of hydrogen-bond acceptors (Lipinski definition) is 6. The topological polar surface area (TPSA) is 62.3 Å². The van der Waals surface area contributed by atoms with E-state index in [1.807, 2.05) is 36.4 Å². The van der Waals surface area contributed by atoms with Crippen molar-refractivity contribution in [2.24, 2.45) is 0 Å². The lowest BCUT2D eigenvalue weighted by Gasteiger charge is -2.40. The van der Waals surface area contributed by atoms with Crippen LogP contribution in [0.5, 0.6) is 5.75 Å². The fourth-order valence-corrected chi connectivity index (χ4v) is 5.38. The Kier molecular flexibility index (Phi) is 7.79. The summed E-state index contributed by atoms with van der Waals surface area (Å²) in [6.45, 7) is 1.69. The fourth-order valence-electron chi connectivity index (χ4n) is 5.38. The Bertz CT molecular complexity index is 1140. The van der Waals surface area contributed by atoms with E-state index in [1.54, 1.807) is 18.3 Å². The lowest BCUT2D eigenvalue weighted by Crippen LogP contribution is -2.55. The Morgan fingerprint density at radius 1 is 0.865 bits per heavy atom. The summed E-state index contributed by atoms with van der Waals surface area (Å²) in [5.41, 5.74) is 2.87. The van der Waals surface area contributed by atoms with Crippen molar-refractivity contribution in [3.05, 3.63) is 66.9 Å². The maximum atomic E-state index is 12.5. The summed E-state index contributed by atoms with van der Waals surface area (Å²) in [7, 11) is 0. The molecular weight excluding hydrogens is 479 g/mol. The molecule has 9 heteroatoms. The molecule has 0 unspecified atom stereocenters. The van der Waals surface area contributed by atoms with Gasteiger partial charge in [0.2, 0.25) is 5.95 Å². The molecule has 3 atom stereocenters. The Balaban J connectivity index is 1.21. The number of rotatable bonds is 7. The van der Waals surface area contributed by atoms with Gasteiger partial charge in [-0.05, 0) is 56.0 Å². The van der Waals surface area contributed by atoms with Crippen molar-refractivity contribution in [3.63, 3.8) is 0 Å². The van der Waals surface area contributed by atoms with Crippen LogP contribution in [0.4, 0.5) is 24.8 Å². The molecule has 0 spiro atoms. The number of aromatic nitrogens is 2. The van der Waals surface area contributed by atoms with Crippen molar-refractivity contribution in [1.82, 2.24) is 15.3 Å². The number of benzene rings is 2. The molecule has 1 saturated carbocycles. The van der Waals surface area contributed by atoms with Crippen molar-refractivity contribution in [3.8, 4) is 17.0 Å². The molecule has 2 aliphatic rings. The molecule has 0 radical (unpaired) electrons. The molecule has 2 heterocycles. The number of nitrogens with one attached hydrogen (secondary N) is 2. The van der Waals surface area contributed by atoms with E-state index in [0.717, 1.165) is 62.1 Å². The Morgan fingerprint density at radius 3 is 2.38 bits per heavy atom. The first-order chi connectivity index (χ1) is 17.9. The average molecular weight is 512 g/mol. The molecule has 0 amide bonds. The van der Waals surface area contributed by atoms with Crippen molar-refractivity contribution >= 4 is 11.6 Å². The Morgan fingerprint density at radius 2 is 1.62 bits per heavy atom. The summed E-state index contributed by atoms with van der Waals surface area (Å²) in [6, 6.07) is 19.0. The number of alkyl halides is 3. The number of ether oxygens (including phenoxy) is 1. The molecule has 1 aliphatic heterocycles. The van der Waals surface area contributed by atoms with Crippen LogP contribution in [0.15, 0.2) is 66.9 Å². The first-order valence-electron chi connectivity index (χ1n) is 12.9. The van der Waals surface area contributed by atoms with Crippen molar-refractivity contribution in [2.75, 3.05) is 23.3 Å². The van der Waals surface area contributed by atoms with Crippen molar-refractivity contribution < 1.29 is 17.9 Å². The second kappa shape index (κ2) is 11.4. The van der Waals surface area contributed by atoms with Crippen LogP contribution in [0.25, 0.3) is 11.3 Å². The van der Waals surface area contributed by atoms with E-state index < -0.39 is 6.36 Å². The predicted octanol–water partition coefficient (Wildman–Crippen LogP) is 6.02. The molecule has 5 rings (SSSR count). The van der Waals surface area contributed by atoms with E-state index in [1.165, 1.54) is 18.6 Å². The van der Waals surface area contributed by atoms with Gasteiger partial charge in [-0.25, -0.2) is 9.97 Å². The predicted molar refractivity (Wildman–Crippen MR) is 139 cm³/mol. The summed E-state index contributed by atoms with van der Waals surface area (Å²) < 4.78 is 41.5. The summed E-state index contributed by atoms with van der Waals surface area (Å²) in [4.78, 5) is 11.5. The fraction of sp³-hybridized carbons (Fsp3) is 0.429. The van der Waals surface area contributed by atoms with E-state index in [4.69, 9.17) is 4.98 Å². The molecule has 6 nitrogen and oxygen atoms in total. The lowest BCUT2D eigenvalue weighted by atomic mass is 9.89. The van der Waals surface area contributed by atoms with Gasteiger partial charge in [0.15, 0.2) is 0 Å². The highest BCUT2D eigenvalue weighted by Crippen LogP contribution is 2.28. The van der Waals surface area contributed by atoms with Crippen LogP contribution in [0, 0.1) is 0 Å². The van der Waals surface area contributed by atoms with E-state index in [-0.39, 0.29) is 11.8 Å². The van der Waals surface area contributed by atoms with Gasteiger partial charge in [0, 0.05) is 48.7 Å². The molecule has 1 aromatic heterocycles. The van der Waals surface area contributed by atoms with E-state index in [0.29, 0.717) is 18.0 Å². The first-order valence-corrected chi connectivity index (χ1v) is 12.9. The van der Waals surface area contributed by atoms with Gasteiger partial charge in [0.05, 0.1) is 5.69 Å². The SMILES string of the molecule is FC(F)(F)Oc1ccc(N2CCC[C@H](N[C@@H]3CCCC[C@H]3Nc3nccc(-c4ccccc4)n3)C2)cc1. The van der Waals surface area contributed by atoms with E-state index in [9.17, 15) is 13.2 Å². The zero-order valence-corrected chi connectivity index (χ0v) is 20.6. The second-order valence-corrected chi connectivity index (χ2v) is 9.77. The van der Waals surface area contributed by atoms with Crippen LogP contribution >= 0.6 is 0 Å². The first kappa shape index (κ1) is 25.3. The highest BCUT2D eigenvalue weighted by Gasteiger charge is 2.32. The Labute approximate surface area is 215 Å². The summed E-state index contributed by atoms with van der Waals surface area (Å²) in [5, 5.41) is 7.48. The minimum Gasteiger partial charge on any atom is -0.406 e. The zero-order valence-electron chi connectivity index (χ0n) is 20.6. The largest absolute Gasteiger partial charge is 0.573 e. The van der Waals surface area contributed by atoms with Gasteiger partial charge in [-0.1, -0.05) is 43.2 Å². The maximum Gasteiger partial charge on any atom is 0.573 e. The van der Waals surface area contributed by atoms with Crippen LogP contribution in [-0.4, -0.2) is 47.5 Å². The molecule has 0 bridgehead atoms. The van der Waals surface area contributed by atoms with Gasteiger partial charge >= 0.3 is 6.36 Å². The van der Waals surface area contributed by atoms with Crippen LogP contribution in [0.2, 0.25) is 0 Å². The quantitative estimate of drug-likeness (QED) is 0.404. The third-order valence-corrected chi connectivity index (χ3v) is 7.11. The average Bonchev–Trinajstić information content (AvgIpc) is 2.90. The monoisotopic (exact) mass is 511 g/mol. The van der Waals surface area contributed by atoms with Crippen LogP contribution in [0.1, 0.15) is 38.5 Å². The number of halogens is 3. The van der Waals surface area contributed by atoms with Gasteiger partial charge in [0.25, 0.3) is 0 Å². The van der Waals surface area contributed by atoms with Crippen LogP contribution in [-0.2, 0) is 0 Å². The number of hydrogen-bond donors (Lipinski definition) is 2. The molecule has 2 N–H and O–H groups in total. The normalized spacial score (nSPS) is 22.5. The highest BCUT2D eigenvalue weighted by atomic mass is 19.4. The van der Waals surface area contributed by atoms with Gasteiger partial charge in [-0.15, -0.1) is 13.2 Å². The maximum absolute atomic E-state index is 12.5. The minimum atomic E-state index is -4.68. The smallest absolute Gasteiger partial charge is 0.406 e. The van der Waals surface area contributed by atoms with Crippen LogP contribution in [0.3, 0.4) is 0 Å². The van der Waals surface area contributed by atoms with Gasteiger partial charge in [-0.3, -0.25) is 0 Å². The van der Waals surface area contributed by atoms with Gasteiger partial charge < -0.3 is 20.3 Å². The molecule has 1 saturated heterocycles. The van der Waals surface area contributed by atoms with Crippen LogP contribution < -0.4 is 20.3 Å². The highest BCUT2D eigenvalue weighted by molar-refractivity contribution is 5.59. The van der Waals surface area contributed by atoms with E-state index in [2.05, 4.69) is 25.3 Å². The lowest BCUT2D eigenvalue weighted by molar-refractivity contribution is -0.274. The number of anilines is 2. The third-order valence-electron chi connectivity index (χ3n) is 7.11. The number of piperidine rings is 1. The molecule has 37 heavy (non-hydrogen) atoms. The standard InChI is InChI=1S/C28H32F3N5O/c29-28(30,31)37-23-14-12-22(13-15-23)36-18-6-9-21(19-36)33-25-10-4-5-11-26(25)35-27-32-17-16-24(34-27)20-7-2-1-3-8-20/h1-3,7-8,12-17,21,25-26,33H,4-6,9-11,18-19H2,(H,32,34,35)/t21-,25+,26+/m0/s1.